The maximum atomic E-state index is 2.57. The van der Waals surface area contributed by atoms with Crippen LogP contribution in [0.3, 0.4) is 0 Å². The van der Waals surface area contributed by atoms with Gasteiger partial charge in [-0.1, -0.05) is 38.8 Å². The molecule has 0 nitrogen and oxygen atoms in total. The van der Waals surface area contributed by atoms with E-state index in [1.807, 2.05) is 0 Å². The summed E-state index contributed by atoms with van der Waals surface area (Å²) in [5.41, 5.74) is 2.98. The molecule has 15 heavy (non-hydrogen) atoms. The Balaban J connectivity index is 2.06. The normalized spacial score (nSPS) is 51.5. The van der Waals surface area contributed by atoms with Gasteiger partial charge >= 0.3 is 0 Å². The van der Waals surface area contributed by atoms with Crippen LogP contribution in [-0.4, -0.2) is 0 Å². The van der Waals surface area contributed by atoms with E-state index in [1.165, 1.54) is 25.7 Å². The number of allylic oxidation sites excluding steroid dienone is 2. The Kier molecular flexibility index (Phi) is 1.79. The lowest BCUT2D eigenvalue weighted by atomic mass is 9.38. The molecule has 0 spiro atoms. The van der Waals surface area contributed by atoms with E-state index in [4.69, 9.17) is 0 Å². The minimum absolute atomic E-state index is 0.598. The number of fused-ring (bicyclic) bond motifs is 1. The van der Waals surface area contributed by atoms with E-state index in [-0.39, 0.29) is 0 Å². The predicted molar refractivity (Wildman–Crippen MR) is 64.6 cm³/mol. The summed E-state index contributed by atoms with van der Waals surface area (Å²) in [6.45, 7) is 9.98. The summed E-state index contributed by atoms with van der Waals surface area (Å²) in [5.74, 6) is 2.92. The molecular weight excluding hydrogens is 180 g/mol. The average Bonchev–Trinajstić information content (AvgIpc) is 2.30. The molecule has 84 valence electrons. The van der Waals surface area contributed by atoms with Crippen LogP contribution < -0.4 is 0 Å². The molecule has 0 heteroatoms. The molecule has 2 fully saturated rings. The summed E-state index contributed by atoms with van der Waals surface area (Å²) in [6, 6.07) is 0. The van der Waals surface area contributed by atoms with E-state index in [0.29, 0.717) is 10.8 Å². The number of hydrogen-bond donors (Lipinski definition) is 0. The van der Waals surface area contributed by atoms with Crippen LogP contribution in [0.2, 0.25) is 0 Å². The molecule has 4 bridgehead atoms. The molecule has 0 aliphatic heterocycles. The Morgan fingerprint density at radius 2 is 1.93 bits per heavy atom. The molecule has 0 aromatic heterocycles. The fourth-order valence-corrected chi connectivity index (χ4v) is 5.25. The third kappa shape index (κ3) is 1.04. The molecule has 0 N–H and O–H groups in total. The second kappa shape index (κ2) is 2.70. The van der Waals surface area contributed by atoms with Gasteiger partial charge in [-0.05, 0) is 54.8 Å². The van der Waals surface area contributed by atoms with Crippen LogP contribution in [0.5, 0.6) is 0 Å². The van der Waals surface area contributed by atoms with Crippen molar-refractivity contribution in [1.82, 2.24) is 0 Å². The molecule has 4 aliphatic rings. The summed E-state index contributed by atoms with van der Waals surface area (Å²) in [5, 5.41) is 0. The van der Waals surface area contributed by atoms with Gasteiger partial charge in [-0.15, -0.1) is 0 Å². The van der Waals surface area contributed by atoms with Crippen molar-refractivity contribution < 1.29 is 0 Å². The third-order valence-electron chi connectivity index (χ3n) is 5.97. The van der Waals surface area contributed by atoms with Crippen LogP contribution in [0, 0.1) is 28.6 Å². The molecule has 0 saturated heterocycles. The first-order valence-corrected chi connectivity index (χ1v) is 6.63. The van der Waals surface area contributed by atoms with E-state index in [1.54, 1.807) is 5.57 Å². The summed E-state index contributed by atoms with van der Waals surface area (Å²) in [4.78, 5) is 0. The second-order valence-electron chi connectivity index (χ2n) is 7.14. The smallest absolute Gasteiger partial charge is 0.0113 e. The van der Waals surface area contributed by atoms with E-state index < -0.39 is 0 Å². The number of hydrogen-bond acceptors (Lipinski definition) is 0. The van der Waals surface area contributed by atoms with Gasteiger partial charge in [0, 0.05) is 0 Å². The highest BCUT2D eigenvalue weighted by Crippen LogP contribution is 2.72. The molecular formula is C15H24. The minimum atomic E-state index is 0.598. The Hall–Kier alpha value is -0.260. The van der Waals surface area contributed by atoms with Gasteiger partial charge in [0.05, 0.1) is 0 Å². The third-order valence-corrected chi connectivity index (χ3v) is 5.97. The fourth-order valence-electron chi connectivity index (χ4n) is 5.25. The minimum Gasteiger partial charge on any atom is -0.0850 e. The van der Waals surface area contributed by atoms with Gasteiger partial charge in [0.1, 0.15) is 0 Å². The predicted octanol–water partition coefficient (Wildman–Crippen LogP) is 4.42. The molecule has 0 radical (unpaired) electrons. The largest absolute Gasteiger partial charge is 0.0850 e. The average molecular weight is 204 g/mol. The zero-order valence-corrected chi connectivity index (χ0v) is 10.6. The highest BCUT2D eigenvalue weighted by molar-refractivity contribution is 5.28. The van der Waals surface area contributed by atoms with Crippen LogP contribution >= 0.6 is 0 Å². The Bertz CT molecular complexity index is 323. The summed E-state index contributed by atoms with van der Waals surface area (Å²) in [7, 11) is 0. The van der Waals surface area contributed by atoms with Gasteiger partial charge in [-0.2, -0.15) is 0 Å². The van der Waals surface area contributed by atoms with Crippen molar-refractivity contribution in [2.24, 2.45) is 28.6 Å². The zero-order chi connectivity index (χ0) is 10.8. The molecule has 0 aromatic rings. The molecule has 2 saturated carbocycles. The zero-order valence-electron chi connectivity index (χ0n) is 10.6. The van der Waals surface area contributed by atoms with Crippen LogP contribution in [0.15, 0.2) is 11.6 Å². The van der Waals surface area contributed by atoms with E-state index in [0.717, 1.165) is 17.8 Å². The van der Waals surface area contributed by atoms with Crippen molar-refractivity contribution in [2.45, 2.75) is 53.4 Å². The fraction of sp³-hybridized carbons (Fsp3) is 0.867. The lowest BCUT2D eigenvalue weighted by Crippen LogP contribution is -2.60. The molecule has 2 unspecified atom stereocenters. The SMILES string of the molecule is CC1=CCC2[C@@H]3C1[C@@]2(C)CCCC3(C)C. The Morgan fingerprint density at radius 3 is 2.60 bits per heavy atom. The molecule has 4 rings (SSSR count). The summed E-state index contributed by atoms with van der Waals surface area (Å²) < 4.78 is 0. The van der Waals surface area contributed by atoms with Gasteiger partial charge in [0.15, 0.2) is 0 Å². The van der Waals surface area contributed by atoms with Crippen molar-refractivity contribution in [1.29, 1.82) is 0 Å². The van der Waals surface area contributed by atoms with Crippen molar-refractivity contribution in [3.05, 3.63) is 11.6 Å². The first-order chi connectivity index (χ1) is 6.97. The quantitative estimate of drug-likeness (QED) is 0.513. The van der Waals surface area contributed by atoms with Gasteiger partial charge in [-0.3, -0.25) is 0 Å². The van der Waals surface area contributed by atoms with Crippen LogP contribution in [0.4, 0.5) is 0 Å². The molecule has 4 atom stereocenters. The molecule has 0 aromatic carbocycles. The van der Waals surface area contributed by atoms with E-state index in [9.17, 15) is 0 Å². The maximum absolute atomic E-state index is 2.57. The lowest BCUT2D eigenvalue weighted by molar-refractivity contribution is -0.138. The van der Waals surface area contributed by atoms with Crippen LogP contribution in [-0.2, 0) is 0 Å². The van der Waals surface area contributed by atoms with Crippen molar-refractivity contribution in [2.75, 3.05) is 0 Å². The lowest BCUT2D eigenvalue weighted by Gasteiger charge is -2.66. The Morgan fingerprint density at radius 1 is 1.20 bits per heavy atom. The summed E-state index contributed by atoms with van der Waals surface area (Å²) >= 11 is 0. The molecule has 0 amide bonds. The molecule has 4 aliphatic carbocycles. The van der Waals surface area contributed by atoms with E-state index >= 15 is 0 Å². The highest BCUT2D eigenvalue weighted by Gasteiger charge is 2.64. The molecule has 0 heterocycles. The first kappa shape index (κ1) is 9.93. The van der Waals surface area contributed by atoms with Gasteiger partial charge in [0.25, 0.3) is 0 Å². The van der Waals surface area contributed by atoms with Crippen molar-refractivity contribution in [3.8, 4) is 0 Å². The van der Waals surface area contributed by atoms with Crippen molar-refractivity contribution in [3.63, 3.8) is 0 Å². The topological polar surface area (TPSA) is 0 Å². The monoisotopic (exact) mass is 204 g/mol. The van der Waals surface area contributed by atoms with Crippen molar-refractivity contribution >= 4 is 0 Å². The van der Waals surface area contributed by atoms with Gasteiger partial charge < -0.3 is 0 Å². The van der Waals surface area contributed by atoms with Crippen LogP contribution in [0.25, 0.3) is 0 Å². The highest BCUT2D eigenvalue weighted by atomic mass is 14.7. The van der Waals surface area contributed by atoms with Gasteiger partial charge in [-0.25, -0.2) is 0 Å². The number of rotatable bonds is 0. The van der Waals surface area contributed by atoms with Gasteiger partial charge in [0.2, 0.25) is 0 Å². The first-order valence-electron chi connectivity index (χ1n) is 6.63. The summed E-state index contributed by atoms with van der Waals surface area (Å²) in [6.07, 6.45) is 8.28. The maximum Gasteiger partial charge on any atom is -0.0113 e. The van der Waals surface area contributed by atoms with E-state index in [2.05, 4.69) is 33.8 Å². The standard InChI is InChI=1S/C15H24/c1-10-6-7-11-13-12(10)15(11,4)9-5-8-14(13,2)3/h6,11-13H,5,7-9H2,1-4H3/t11?,12?,13-,15+/m1/s1. The Labute approximate surface area is 94.1 Å². The second-order valence-corrected chi connectivity index (χ2v) is 7.14. The van der Waals surface area contributed by atoms with Crippen LogP contribution in [0.1, 0.15) is 53.4 Å².